The molecule has 0 bridgehead atoms. The van der Waals surface area contributed by atoms with Crippen LogP contribution < -0.4 is 14.2 Å². The summed E-state index contributed by atoms with van der Waals surface area (Å²) in [6.45, 7) is 1.65. The number of hydrogen-bond acceptors (Lipinski definition) is 4. The predicted molar refractivity (Wildman–Crippen MR) is 72.3 cm³/mol. The van der Waals surface area contributed by atoms with Crippen LogP contribution >= 0.6 is 0 Å². The quantitative estimate of drug-likeness (QED) is 0.820. The second kappa shape index (κ2) is 5.11. The zero-order valence-corrected chi connectivity index (χ0v) is 11.9. The Morgan fingerprint density at radius 1 is 1.00 bits per heavy atom. The highest BCUT2D eigenvalue weighted by molar-refractivity contribution is 5.90. The number of methoxy groups -OCH3 is 3. The van der Waals surface area contributed by atoms with E-state index in [2.05, 4.69) is 0 Å². The lowest BCUT2D eigenvalue weighted by atomic mass is 9.62. The van der Waals surface area contributed by atoms with Gasteiger partial charge in [-0.15, -0.1) is 0 Å². The molecule has 0 heterocycles. The highest BCUT2D eigenvalue weighted by Crippen LogP contribution is 2.50. The summed E-state index contributed by atoms with van der Waals surface area (Å²) in [6.07, 6.45) is 2.80. The Morgan fingerprint density at radius 3 is 1.89 bits per heavy atom. The Hall–Kier alpha value is -1.71. The third kappa shape index (κ3) is 2.05. The van der Waals surface area contributed by atoms with Crippen molar-refractivity contribution in [2.24, 2.45) is 0 Å². The Balaban J connectivity index is 2.58. The lowest BCUT2D eigenvalue weighted by Crippen LogP contribution is -2.41. The van der Waals surface area contributed by atoms with Crippen LogP contribution in [0, 0.1) is 0 Å². The van der Waals surface area contributed by atoms with E-state index < -0.39 is 5.41 Å². The van der Waals surface area contributed by atoms with E-state index in [1.165, 1.54) is 0 Å². The summed E-state index contributed by atoms with van der Waals surface area (Å²) >= 11 is 0. The van der Waals surface area contributed by atoms with Crippen LogP contribution in [-0.4, -0.2) is 27.1 Å². The Labute approximate surface area is 113 Å². The van der Waals surface area contributed by atoms with Crippen molar-refractivity contribution in [3.8, 4) is 17.2 Å². The maximum atomic E-state index is 12.0. The van der Waals surface area contributed by atoms with Gasteiger partial charge < -0.3 is 14.2 Å². The number of benzene rings is 1. The molecule has 0 atom stereocenters. The normalized spacial score (nSPS) is 16.4. The minimum absolute atomic E-state index is 0.185. The minimum Gasteiger partial charge on any atom is -0.496 e. The summed E-state index contributed by atoms with van der Waals surface area (Å²) in [7, 11) is 4.79. The summed E-state index contributed by atoms with van der Waals surface area (Å²) in [4.78, 5) is 12.0. The van der Waals surface area contributed by atoms with Gasteiger partial charge in [-0.05, 0) is 25.8 Å². The van der Waals surface area contributed by atoms with E-state index in [9.17, 15) is 4.79 Å². The van der Waals surface area contributed by atoms with Gasteiger partial charge in [-0.3, -0.25) is 4.79 Å². The molecule has 1 fully saturated rings. The number of carbonyl (C=O) groups excluding carboxylic acids is 1. The lowest BCUT2D eigenvalue weighted by molar-refractivity contribution is -0.125. The fraction of sp³-hybridized carbons (Fsp3) is 0.533. The van der Waals surface area contributed by atoms with Gasteiger partial charge in [0.25, 0.3) is 0 Å². The SMILES string of the molecule is COc1cc(OC)c(C2(C(C)=O)CCC2)cc1OC. The molecule has 0 aromatic heterocycles. The number of hydrogen-bond donors (Lipinski definition) is 0. The molecular weight excluding hydrogens is 244 g/mol. The van der Waals surface area contributed by atoms with E-state index in [4.69, 9.17) is 14.2 Å². The zero-order valence-electron chi connectivity index (χ0n) is 11.9. The molecule has 0 radical (unpaired) electrons. The van der Waals surface area contributed by atoms with Crippen molar-refractivity contribution in [2.45, 2.75) is 31.6 Å². The number of carbonyl (C=O) groups is 1. The van der Waals surface area contributed by atoms with Crippen molar-refractivity contribution < 1.29 is 19.0 Å². The van der Waals surface area contributed by atoms with Crippen LogP contribution in [0.5, 0.6) is 17.2 Å². The van der Waals surface area contributed by atoms with E-state index in [1.807, 2.05) is 6.07 Å². The van der Waals surface area contributed by atoms with E-state index in [0.29, 0.717) is 17.2 Å². The first-order valence-electron chi connectivity index (χ1n) is 6.40. The molecule has 0 amide bonds. The standard InChI is InChI=1S/C15H20O4/c1-10(16)15(6-5-7-15)11-8-13(18-3)14(19-4)9-12(11)17-2/h8-9H,5-7H2,1-4H3. The predicted octanol–water partition coefficient (Wildman–Crippen LogP) is 2.72. The molecule has 0 spiro atoms. The lowest BCUT2D eigenvalue weighted by Gasteiger charge is -2.41. The fourth-order valence-corrected chi connectivity index (χ4v) is 2.74. The molecule has 0 aliphatic heterocycles. The fourth-order valence-electron chi connectivity index (χ4n) is 2.74. The molecule has 0 saturated heterocycles. The van der Waals surface area contributed by atoms with Crippen molar-refractivity contribution in [3.63, 3.8) is 0 Å². The largest absolute Gasteiger partial charge is 0.496 e. The van der Waals surface area contributed by atoms with Gasteiger partial charge in [-0.2, -0.15) is 0 Å². The maximum Gasteiger partial charge on any atom is 0.164 e. The molecule has 1 aromatic carbocycles. The van der Waals surface area contributed by atoms with E-state index in [-0.39, 0.29) is 5.78 Å². The van der Waals surface area contributed by atoms with Crippen LogP contribution in [0.15, 0.2) is 12.1 Å². The molecule has 1 aromatic rings. The molecule has 2 rings (SSSR count). The average molecular weight is 264 g/mol. The Kier molecular flexibility index (Phi) is 3.69. The van der Waals surface area contributed by atoms with Crippen LogP contribution in [0.3, 0.4) is 0 Å². The monoisotopic (exact) mass is 264 g/mol. The highest BCUT2D eigenvalue weighted by Gasteiger charge is 2.45. The molecule has 19 heavy (non-hydrogen) atoms. The Morgan fingerprint density at radius 2 is 1.53 bits per heavy atom. The van der Waals surface area contributed by atoms with Gasteiger partial charge in [-0.25, -0.2) is 0 Å². The van der Waals surface area contributed by atoms with Crippen molar-refractivity contribution >= 4 is 5.78 Å². The molecule has 0 unspecified atom stereocenters. The first-order chi connectivity index (χ1) is 9.08. The van der Waals surface area contributed by atoms with Gasteiger partial charge in [-0.1, -0.05) is 6.42 Å². The number of Topliss-reactive ketones (excluding diaryl/α,β-unsaturated/α-hetero) is 1. The van der Waals surface area contributed by atoms with Gasteiger partial charge in [0.1, 0.15) is 11.5 Å². The summed E-state index contributed by atoms with van der Waals surface area (Å²) in [5.74, 6) is 2.11. The summed E-state index contributed by atoms with van der Waals surface area (Å²) in [5.41, 5.74) is 0.497. The van der Waals surface area contributed by atoms with Crippen molar-refractivity contribution in [1.82, 2.24) is 0 Å². The summed E-state index contributed by atoms with van der Waals surface area (Å²) in [6, 6.07) is 3.66. The topological polar surface area (TPSA) is 44.8 Å². The van der Waals surface area contributed by atoms with Gasteiger partial charge in [0.2, 0.25) is 0 Å². The molecule has 1 saturated carbocycles. The van der Waals surface area contributed by atoms with Crippen LogP contribution in [0.25, 0.3) is 0 Å². The molecule has 1 aliphatic rings. The van der Waals surface area contributed by atoms with Gasteiger partial charge in [0.15, 0.2) is 11.5 Å². The second-order valence-corrected chi connectivity index (χ2v) is 4.90. The van der Waals surface area contributed by atoms with Gasteiger partial charge >= 0.3 is 0 Å². The molecule has 4 heteroatoms. The average Bonchev–Trinajstić information content (AvgIpc) is 2.36. The van der Waals surface area contributed by atoms with E-state index in [0.717, 1.165) is 24.8 Å². The smallest absolute Gasteiger partial charge is 0.164 e. The third-order valence-corrected chi connectivity index (χ3v) is 4.10. The number of ketones is 1. The number of ether oxygens (including phenoxy) is 3. The minimum atomic E-state index is -0.412. The van der Waals surface area contributed by atoms with Crippen LogP contribution in [-0.2, 0) is 10.2 Å². The number of rotatable bonds is 5. The van der Waals surface area contributed by atoms with E-state index in [1.54, 1.807) is 34.3 Å². The third-order valence-electron chi connectivity index (χ3n) is 4.10. The van der Waals surface area contributed by atoms with Crippen LogP contribution in [0.2, 0.25) is 0 Å². The summed E-state index contributed by atoms with van der Waals surface area (Å²) < 4.78 is 16.0. The van der Waals surface area contributed by atoms with Crippen molar-refractivity contribution in [2.75, 3.05) is 21.3 Å². The highest BCUT2D eigenvalue weighted by atomic mass is 16.5. The van der Waals surface area contributed by atoms with Crippen LogP contribution in [0.4, 0.5) is 0 Å². The van der Waals surface area contributed by atoms with Crippen LogP contribution in [0.1, 0.15) is 31.7 Å². The molecule has 0 N–H and O–H groups in total. The molecular formula is C15H20O4. The van der Waals surface area contributed by atoms with Gasteiger partial charge in [0.05, 0.1) is 26.7 Å². The van der Waals surface area contributed by atoms with Gasteiger partial charge in [0, 0.05) is 11.6 Å². The molecule has 104 valence electrons. The van der Waals surface area contributed by atoms with Crippen molar-refractivity contribution in [1.29, 1.82) is 0 Å². The second-order valence-electron chi connectivity index (χ2n) is 4.90. The molecule has 4 nitrogen and oxygen atoms in total. The first-order valence-corrected chi connectivity index (χ1v) is 6.40. The first kappa shape index (κ1) is 13.7. The van der Waals surface area contributed by atoms with E-state index >= 15 is 0 Å². The Bertz CT molecular complexity index is 489. The molecule has 1 aliphatic carbocycles. The maximum absolute atomic E-state index is 12.0. The van der Waals surface area contributed by atoms with Crippen molar-refractivity contribution in [3.05, 3.63) is 17.7 Å². The summed E-state index contributed by atoms with van der Waals surface area (Å²) in [5, 5.41) is 0. The zero-order chi connectivity index (χ0) is 14.0.